The number of hydrogen-bond donors (Lipinski definition) is 0. The Hall–Kier alpha value is -2.08. The molecule has 5 nitrogen and oxygen atoms in total. The summed E-state index contributed by atoms with van der Waals surface area (Å²) < 4.78 is 42.8. The molecule has 0 aliphatic carbocycles. The molecule has 2 rings (SSSR count). The van der Waals surface area contributed by atoms with Crippen molar-refractivity contribution in [1.29, 1.82) is 5.26 Å². The number of halogens is 3. The molecule has 0 atom stereocenters. The van der Waals surface area contributed by atoms with Crippen LogP contribution in [0.25, 0.3) is 0 Å². The van der Waals surface area contributed by atoms with Gasteiger partial charge < -0.3 is 0 Å². The quantitative estimate of drug-likeness (QED) is 0.809. The number of nitrogens with zero attached hydrogens (tertiary/aromatic N) is 4. The fraction of sp³-hybridized carbons (Fsp3) is 0.333. The summed E-state index contributed by atoms with van der Waals surface area (Å²) in [7, 11) is 0. The molecule has 2 aromatic heterocycles. The zero-order chi connectivity index (χ0) is 15.6. The molecule has 2 aromatic rings. The van der Waals surface area contributed by atoms with Crippen LogP contribution < -0.4 is 0 Å². The van der Waals surface area contributed by atoms with E-state index < -0.39 is 11.9 Å². The molecule has 0 spiro atoms. The van der Waals surface area contributed by atoms with Crippen molar-refractivity contribution in [3.05, 3.63) is 34.3 Å². The van der Waals surface area contributed by atoms with Crippen LogP contribution in [-0.2, 0) is 11.9 Å². The smallest absolute Gasteiger partial charge is 0.244 e. The van der Waals surface area contributed by atoms with Gasteiger partial charge in [-0.2, -0.15) is 18.4 Å². The van der Waals surface area contributed by atoms with Crippen molar-refractivity contribution in [2.24, 2.45) is 0 Å². The van der Waals surface area contributed by atoms with Crippen LogP contribution in [0, 0.1) is 25.2 Å². The van der Waals surface area contributed by atoms with Gasteiger partial charge in [0.1, 0.15) is 28.2 Å². The van der Waals surface area contributed by atoms with Crippen LogP contribution in [0.1, 0.15) is 28.2 Å². The summed E-state index contributed by atoms with van der Waals surface area (Å²) in [6.45, 7) is 3.12. The van der Waals surface area contributed by atoms with Gasteiger partial charge in [-0.3, -0.25) is 0 Å². The maximum Gasteiger partial charge on any atom is 0.433 e. The van der Waals surface area contributed by atoms with Crippen LogP contribution in [0.4, 0.5) is 13.2 Å². The van der Waals surface area contributed by atoms with E-state index in [2.05, 4.69) is 19.9 Å². The Morgan fingerprint density at radius 1 is 1.33 bits per heavy atom. The fourth-order valence-electron chi connectivity index (χ4n) is 1.55. The number of rotatable bonds is 3. The second-order valence-corrected chi connectivity index (χ2v) is 5.16. The van der Waals surface area contributed by atoms with Crippen molar-refractivity contribution in [1.82, 2.24) is 15.3 Å². The molecule has 2 heterocycles. The lowest BCUT2D eigenvalue weighted by molar-refractivity contribution is -0.141. The van der Waals surface area contributed by atoms with Crippen molar-refractivity contribution >= 4 is 11.8 Å². The first kappa shape index (κ1) is 15.3. The summed E-state index contributed by atoms with van der Waals surface area (Å²) in [6, 6.07) is 2.74. The van der Waals surface area contributed by atoms with Gasteiger partial charge in [-0.05, 0) is 25.5 Å². The molecular formula is C12H9F3N4OS. The summed E-state index contributed by atoms with van der Waals surface area (Å²) >= 11 is 0.992. The predicted molar refractivity (Wildman–Crippen MR) is 67.3 cm³/mol. The number of alkyl halides is 3. The Bertz CT molecular complexity index is 706. The summed E-state index contributed by atoms with van der Waals surface area (Å²) in [5, 5.41) is 16.3. The lowest BCUT2D eigenvalue weighted by Crippen LogP contribution is -2.10. The third-order valence-electron chi connectivity index (χ3n) is 2.68. The zero-order valence-corrected chi connectivity index (χ0v) is 11.8. The van der Waals surface area contributed by atoms with Gasteiger partial charge in [0.05, 0.1) is 5.56 Å². The molecule has 0 bridgehead atoms. The Balaban J connectivity index is 2.35. The van der Waals surface area contributed by atoms with E-state index in [-0.39, 0.29) is 21.9 Å². The largest absolute Gasteiger partial charge is 0.433 e. The minimum atomic E-state index is -4.56. The second kappa shape index (κ2) is 5.73. The van der Waals surface area contributed by atoms with E-state index >= 15 is 0 Å². The third-order valence-corrected chi connectivity index (χ3v) is 3.66. The van der Waals surface area contributed by atoms with Gasteiger partial charge in [0.15, 0.2) is 0 Å². The third kappa shape index (κ3) is 3.33. The zero-order valence-electron chi connectivity index (χ0n) is 11.0. The molecule has 21 heavy (non-hydrogen) atoms. The van der Waals surface area contributed by atoms with Crippen molar-refractivity contribution in [2.45, 2.75) is 30.8 Å². The Kier molecular flexibility index (Phi) is 4.18. The molecule has 0 aliphatic rings. The van der Waals surface area contributed by atoms with Crippen LogP contribution in [0.2, 0.25) is 0 Å². The van der Waals surface area contributed by atoms with E-state index in [0.29, 0.717) is 11.4 Å². The standard InChI is InChI=1S/C12H9F3N4OS/c1-6-3-10(12(13,14)15)17-11(8(6)4-16)21-5-9-7(2)18-20-19-9/h3H,5H2,1-2H3. The normalized spacial score (nSPS) is 11.4. The lowest BCUT2D eigenvalue weighted by Gasteiger charge is -2.11. The fourth-order valence-corrected chi connectivity index (χ4v) is 2.60. The minimum absolute atomic E-state index is 0.0206. The van der Waals surface area contributed by atoms with Crippen molar-refractivity contribution in [2.75, 3.05) is 0 Å². The van der Waals surface area contributed by atoms with Crippen LogP contribution >= 0.6 is 11.8 Å². The van der Waals surface area contributed by atoms with Gasteiger partial charge >= 0.3 is 6.18 Å². The highest BCUT2D eigenvalue weighted by atomic mass is 32.2. The first-order valence-corrected chi connectivity index (χ1v) is 6.71. The van der Waals surface area contributed by atoms with E-state index in [1.807, 2.05) is 6.07 Å². The van der Waals surface area contributed by atoms with Gasteiger partial charge in [0, 0.05) is 5.75 Å². The highest BCUT2D eigenvalue weighted by Gasteiger charge is 2.34. The van der Waals surface area contributed by atoms with E-state index in [9.17, 15) is 13.2 Å². The van der Waals surface area contributed by atoms with E-state index in [1.54, 1.807) is 6.92 Å². The molecular weight excluding hydrogens is 305 g/mol. The predicted octanol–water partition coefficient (Wildman–Crippen LogP) is 3.26. The van der Waals surface area contributed by atoms with Gasteiger partial charge in [-0.1, -0.05) is 22.1 Å². The molecule has 0 aliphatic heterocycles. The Labute approximate surface area is 122 Å². The number of aromatic nitrogens is 3. The number of nitriles is 1. The molecule has 0 aromatic carbocycles. The van der Waals surface area contributed by atoms with Gasteiger partial charge in [0.25, 0.3) is 0 Å². The van der Waals surface area contributed by atoms with Crippen molar-refractivity contribution in [3.8, 4) is 6.07 Å². The SMILES string of the molecule is Cc1cc(C(F)(F)F)nc(SCc2nonc2C)c1C#N. The average Bonchev–Trinajstić information content (AvgIpc) is 2.80. The molecule has 0 saturated carbocycles. The van der Waals surface area contributed by atoms with Gasteiger partial charge in [0.2, 0.25) is 0 Å². The van der Waals surface area contributed by atoms with Gasteiger partial charge in [-0.15, -0.1) is 0 Å². The second-order valence-electron chi connectivity index (χ2n) is 4.20. The minimum Gasteiger partial charge on any atom is -0.244 e. The maximum absolute atomic E-state index is 12.8. The molecule has 0 saturated heterocycles. The van der Waals surface area contributed by atoms with Gasteiger partial charge in [-0.25, -0.2) is 9.61 Å². The number of thioether (sulfide) groups is 1. The molecule has 0 N–H and O–H groups in total. The molecule has 9 heteroatoms. The molecule has 0 unspecified atom stereocenters. The highest BCUT2D eigenvalue weighted by Crippen LogP contribution is 2.33. The van der Waals surface area contributed by atoms with E-state index in [4.69, 9.17) is 5.26 Å². The van der Waals surface area contributed by atoms with E-state index in [1.165, 1.54) is 6.92 Å². The maximum atomic E-state index is 12.8. The van der Waals surface area contributed by atoms with Crippen LogP contribution in [-0.4, -0.2) is 15.3 Å². The Morgan fingerprint density at radius 3 is 2.57 bits per heavy atom. The van der Waals surface area contributed by atoms with E-state index in [0.717, 1.165) is 17.8 Å². The number of hydrogen-bond acceptors (Lipinski definition) is 6. The summed E-state index contributed by atoms with van der Waals surface area (Å²) in [6.07, 6.45) is -4.56. The first-order valence-electron chi connectivity index (χ1n) is 5.72. The molecule has 0 amide bonds. The molecule has 110 valence electrons. The Morgan fingerprint density at radius 2 is 2.05 bits per heavy atom. The van der Waals surface area contributed by atoms with Crippen molar-refractivity contribution in [3.63, 3.8) is 0 Å². The molecule has 0 fully saturated rings. The number of aryl methyl sites for hydroxylation is 2. The van der Waals surface area contributed by atoms with Crippen LogP contribution in [0.5, 0.6) is 0 Å². The lowest BCUT2D eigenvalue weighted by atomic mass is 10.1. The summed E-state index contributed by atoms with van der Waals surface area (Å²) in [5.74, 6) is 0.220. The van der Waals surface area contributed by atoms with Crippen LogP contribution in [0.3, 0.4) is 0 Å². The highest BCUT2D eigenvalue weighted by molar-refractivity contribution is 7.98. The first-order chi connectivity index (χ1) is 9.82. The summed E-state index contributed by atoms with van der Waals surface area (Å²) in [4.78, 5) is 3.54. The summed E-state index contributed by atoms with van der Waals surface area (Å²) in [5.41, 5.74) is 0.390. The van der Waals surface area contributed by atoms with Crippen molar-refractivity contribution < 1.29 is 17.8 Å². The van der Waals surface area contributed by atoms with Crippen LogP contribution in [0.15, 0.2) is 15.7 Å². The topological polar surface area (TPSA) is 75.6 Å². The monoisotopic (exact) mass is 314 g/mol. The average molecular weight is 314 g/mol. The number of pyridine rings is 1. The molecule has 0 radical (unpaired) electrons.